The van der Waals surface area contributed by atoms with Gasteiger partial charge in [0.25, 0.3) is 11.6 Å². The molecule has 2 fully saturated rings. The molecule has 1 unspecified atom stereocenters. The second kappa shape index (κ2) is 7.20. The Morgan fingerprint density at radius 2 is 1.83 bits per heavy atom. The van der Waals surface area contributed by atoms with E-state index in [0.717, 1.165) is 0 Å². The number of nitrogens with zero attached hydrogens (tertiary/aromatic N) is 2. The van der Waals surface area contributed by atoms with Gasteiger partial charge in [-0.2, -0.15) is 0 Å². The molecule has 1 aliphatic carbocycles. The lowest BCUT2D eigenvalue weighted by Gasteiger charge is -2.33. The van der Waals surface area contributed by atoms with E-state index in [1.165, 1.54) is 18.2 Å². The minimum Gasteiger partial charge on any atom is -0.481 e. The van der Waals surface area contributed by atoms with Gasteiger partial charge in [-0.25, -0.2) is 0 Å². The van der Waals surface area contributed by atoms with Crippen LogP contribution in [0.25, 0.3) is 0 Å². The van der Waals surface area contributed by atoms with Gasteiger partial charge in [-0.15, -0.1) is 0 Å². The van der Waals surface area contributed by atoms with Crippen molar-refractivity contribution >= 4 is 17.6 Å². The standard InChI is InChI=1S/C21H20N2O6/c24-19(22-10-8-21(9-11-22)13-17(21)20(25)26)16-12-14(23(27)28)6-7-18(16)29-15-4-2-1-3-5-15/h1-7,12,17H,8-11,13H2,(H,25,26). The number of rotatable bonds is 5. The second-order valence-corrected chi connectivity index (χ2v) is 7.60. The Morgan fingerprint density at radius 3 is 2.41 bits per heavy atom. The summed E-state index contributed by atoms with van der Waals surface area (Å²) in [5.74, 6) is -0.671. The number of carbonyl (C=O) groups excluding carboxylic acids is 1. The summed E-state index contributed by atoms with van der Waals surface area (Å²) in [5.41, 5.74) is -0.255. The lowest BCUT2D eigenvalue weighted by Crippen LogP contribution is -2.40. The second-order valence-electron chi connectivity index (χ2n) is 7.60. The van der Waals surface area contributed by atoms with Crippen LogP contribution in [-0.2, 0) is 4.79 Å². The number of ether oxygens (including phenoxy) is 1. The number of piperidine rings is 1. The topological polar surface area (TPSA) is 110 Å². The number of benzene rings is 2. The normalized spacial score (nSPS) is 19.6. The average Bonchev–Trinajstić information content (AvgIpc) is 3.42. The van der Waals surface area contributed by atoms with E-state index >= 15 is 0 Å². The molecule has 0 bridgehead atoms. The van der Waals surface area contributed by atoms with Crippen LogP contribution in [0.1, 0.15) is 29.6 Å². The summed E-state index contributed by atoms with van der Waals surface area (Å²) in [5, 5.41) is 20.4. The molecule has 1 spiro atoms. The molecule has 150 valence electrons. The third-order valence-corrected chi connectivity index (χ3v) is 5.91. The highest BCUT2D eigenvalue weighted by molar-refractivity contribution is 5.98. The van der Waals surface area contributed by atoms with Crippen molar-refractivity contribution in [3.8, 4) is 11.5 Å². The molecule has 8 heteroatoms. The van der Waals surface area contributed by atoms with E-state index in [9.17, 15) is 24.8 Å². The zero-order chi connectivity index (χ0) is 20.6. The predicted octanol–water partition coefficient (Wildman–Crippen LogP) is 3.71. The van der Waals surface area contributed by atoms with Gasteiger partial charge in [0, 0.05) is 25.2 Å². The van der Waals surface area contributed by atoms with Crippen LogP contribution in [0.2, 0.25) is 0 Å². The number of nitro groups is 1. The summed E-state index contributed by atoms with van der Waals surface area (Å²) in [4.78, 5) is 36.6. The predicted molar refractivity (Wildman–Crippen MR) is 103 cm³/mol. The monoisotopic (exact) mass is 396 g/mol. The molecule has 2 aromatic rings. The van der Waals surface area contributed by atoms with Crippen LogP contribution in [0, 0.1) is 21.4 Å². The molecule has 1 saturated carbocycles. The zero-order valence-corrected chi connectivity index (χ0v) is 15.6. The lowest BCUT2D eigenvalue weighted by atomic mass is 9.90. The zero-order valence-electron chi connectivity index (χ0n) is 15.6. The summed E-state index contributed by atoms with van der Waals surface area (Å²) in [7, 11) is 0. The molecule has 1 atom stereocenters. The average molecular weight is 396 g/mol. The minimum absolute atomic E-state index is 0.129. The van der Waals surface area contributed by atoms with Crippen molar-refractivity contribution in [2.45, 2.75) is 19.3 Å². The molecule has 1 saturated heterocycles. The van der Waals surface area contributed by atoms with E-state index in [2.05, 4.69) is 0 Å². The van der Waals surface area contributed by atoms with Crippen molar-refractivity contribution in [2.75, 3.05) is 13.1 Å². The highest BCUT2D eigenvalue weighted by Gasteiger charge is 2.59. The Morgan fingerprint density at radius 1 is 1.14 bits per heavy atom. The van der Waals surface area contributed by atoms with Gasteiger partial charge in [-0.05, 0) is 42.9 Å². The van der Waals surface area contributed by atoms with Crippen LogP contribution in [0.3, 0.4) is 0 Å². The molecular formula is C21H20N2O6. The van der Waals surface area contributed by atoms with Crippen molar-refractivity contribution in [1.82, 2.24) is 4.90 Å². The first-order valence-corrected chi connectivity index (χ1v) is 9.43. The summed E-state index contributed by atoms with van der Waals surface area (Å²) in [6.07, 6.45) is 1.91. The molecule has 2 aromatic carbocycles. The summed E-state index contributed by atoms with van der Waals surface area (Å²) >= 11 is 0. The Labute approximate surface area is 166 Å². The molecule has 29 heavy (non-hydrogen) atoms. The maximum atomic E-state index is 13.1. The molecule has 1 N–H and O–H groups in total. The van der Waals surface area contributed by atoms with Crippen molar-refractivity contribution in [1.29, 1.82) is 0 Å². The Balaban J connectivity index is 1.56. The number of hydrogen-bond donors (Lipinski definition) is 1. The summed E-state index contributed by atoms with van der Waals surface area (Å²) in [6, 6.07) is 12.9. The SMILES string of the molecule is O=C(O)C1CC12CCN(C(=O)c1cc([N+](=O)[O-])ccc1Oc1ccccc1)CC2. The van der Waals surface area contributed by atoms with Crippen molar-refractivity contribution in [2.24, 2.45) is 11.3 Å². The van der Waals surface area contributed by atoms with Crippen LogP contribution >= 0.6 is 0 Å². The lowest BCUT2D eigenvalue weighted by molar-refractivity contribution is -0.384. The number of carbonyl (C=O) groups is 2. The van der Waals surface area contributed by atoms with Gasteiger partial charge in [-0.1, -0.05) is 18.2 Å². The molecule has 1 aliphatic heterocycles. The number of likely N-dealkylation sites (tertiary alicyclic amines) is 1. The minimum atomic E-state index is -0.776. The highest BCUT2D eigenvalue weighted by atomic mass is 16.6. The number of hydrogen-bond acceptors (Lipinski definition) is 5. The molecular weight excluding hydrogens is 376 g/mol. The molecule has 2 aliphatic rings. The molecule has 4 rings (SSSR count). The Hall–Kier alpha value is -3.42. The van der Waals surface area contributed by atoms with Crippen LogP contribution in [0.15, 0.2) is 48.5 Å². The van der Waals surface area contributed by atoms with E-state index in [1.54, 1.807) is 29.2 Å². The third kappa shape index (κ3) is 3.65. The highest BCUT2D eigenvalue weighted by Crippen LogP contribution is 2.59. The maximum absolute atomic E-state index is 13.1. The molecule has 1 heterocycles. The van der Waals surface area contributed by atoms with Crippen molar-refractivity contribution in [3.63, 3.8) is 0 Å². The first-order chi connectivity index (χ1) is 13.9. The van der Waals surface area contributed by atoms with E-state index in [-0.39, 0.29) is 34.2 Å². The fraction of sp³-hybridized carbons (Fsp3) is 0.333. The van der Waals surface area contributed by atoms with Crippen molar-refractivity contribution < 1.29 is 24.4 Å². The smallest absolute Gasteiger partial charge is 0.307 e. The Bertz CT molecular complexity index is 966. The summed E-state index contributed by atoms with van der Waals surface area (Å²) < 4.78 is 5.81. The Kier molecular flexibility index (Phi) is 4.70. The van der Waals surface area contributed by atoms with Gasteiger partial charge in [0.05, 0.1) is 16.4 Å². The fourth-order valence-electron chi connectivity index (χ4n) is 4.08. The maximum Gasteiger partial charge on any atom is 0.307 e. The number of aliphatic carboxylic acids is 1. The van der Waals surface area contributed by atoms with Crippen molar-refractivity contribution in [3.05, 3.63) is 64.2 Å². The molecule has 0 aromatic heterocycles. The number of para-hydroxylation sites is 1. The number of carboxylic acids is 1. The van der Waals surface area contributed by atoms with E-state index < -0.39 is 10.9 Å². The van der Waals surface area contributed by atoms with E-state index in [4.69, 9.17) is 4.74 Å². The van der Waals surface area contributed by atoms with Gasteiger partial charge in [0.2, 0.25) is 0 Å². The van der Waals surface area contributed by atoms with Crippen LogP contribution < -0.4 is 4.74 Å². The number of carboxylic acid groups (broad SMARTS) is 1. The largest absolute Gasteiger partial charge is 0.481 e. The van der Waals surface area contributed by atoms with E-state index in [0.29, 0.717) is 38.1 Å². The van der Waals surface area contributed by atoms with E-state index in [1.807, 2.05) is 6.07 Å². The van der Waals surface area contributed by atoms with Gasteiger partial charge in [-0.3, -0.25) is 19.7 Å². The van der Waals surface area contributed by atoms with Crippen LogP contribution in [0.5, 0.6) is 11.5 Å². The van der Waals surface area contributed by atoms with Crippen LogP contribution in [0.4, 0.5) is 5.69 Å². The first-order valence-electron chi connectivity index (χ1n) is 9.43. The van der Waals surface area contributed by atoms with Gasteiger partial charge < -0.3 is 14.7 Å². The number of non-ortho nitro benzene ring substituents is 1. The quantitative estimate of drug-likeness (QED) is 0.609. The van der Waals surface area contributed by atoms with Crippen LogP contribution in [-0.4, -0.2) is 39.9 Å². The fourth-order valence-corrected chi connectivity index (χ4v) is 4.08. The number of amides is 1. The molecule has 0 radical (unpaired) electrons. The third-order valence-electron chi connectivity index (χ3n) is 5.91. The first kappa shape index (κ1) is 18.9. The van der Waals surface area contributed by atoms with Gasteiger partial charge in [0.1, 0.15) is 11.5 Å². The number of nitro benzene ring substituents is 1. The van der Waals surface area contributed by atoms with Gasteiger partial charge in [0.15, 0.2) is 0 Å². The summed E-state index contributed by atoms with van der Waals surface area (Å²) in [6.45, 7) is 0.853. The molecule has 1 amide bonds. The van der Waals surface area contributed by atoms with Gasteiger partial charge >= 0.3 is 5.97 Å². The molecule has 8 nitrogen and oxygen atoms in total.